The smallest absolute Gasteiger partial charge is 0.244 e. The van der Waals surface area contributed by atoms with Gasteiger partial charge in [-0.1, -0.05) is 13.8 Å². The third-order valence-electron chi connectivity index (χ3n) is 3.39. The number of aromatic nitrogens is 1. The molecule has 2 heterocycles. The SMILES string of the molecule is CCN(CC)S(=O)(=O)c1ccc(NCCc2ccc(Br)s2)nc1. The summed E-state index contributed by atoms with van der Waals surface area (Å²) in [4.78, 5) is 5.72. The first-order chi connectivity index (χ1) is 11.0. The summed E-state index contributed by atoms with van der Waals surface area (Å²) >= 11 is 5.15. The molecule has 126 valence electrons. The van der Waals surface area contributed by atoms with E-state index in [4.69, 9.17) is 0 Å². The Morgan fingerprint density at radius 3 is 2.48 bits per heavy atom. The molecule has 0 amide bonds. The number of sulfonamides is 1. The molecular weight excluding hydrogens is 398 g/mol. The fourth-order valence-corrected chi connectivity index (χ4v) is 5.04. The molecular formula is C15H20BrN3O2S2. The van der Waals surface area contributed by atoms with Gasteiger partial charge < -0.3 is 5.32 Å². The van der Waals surface area contributed by atoms with Crippen LogP contribution in [0.2, 0.25) is 0 Å². The summed E-state index contributed by atoms with van der Waals surface area (Å²) in [6.45, 7) is 5.31. The molecule has 0 aliphatic carbocycles. The molecule has 0 saturated heterocycles. The average molecular weight is 418 g/mol. The summed E-state index contributed by atoms with van der Waals surface area (Å²) in [7, 11) is -3.44. The van der Waals surface area contributed by atoms with Crippen molar-refractivity contribution < 1.29 is 8.42 Å². The number of nitrogens with one attached hydrogen (secondary N) is 1. The minimum absolute atomic E-state index is 0.230. The third kappa shape index (κ3) is 4.76. The number of nitrogens with zero attached hydrogens (tertiary/aromatic N) is 2. The highest BCUT2D eigenvalue weighted by molar-refractivity contribution is 9.11. The Morgan fingerprint density at radius 1 is 1.22 bits per heavy atom. The zero-order chi connectivity index (χ0) is 16.9. The summed E-state index contributed by atoms with van der Waals surface area (Å²) in [6, 6.07) is 7.43. The first-order valence-electron chi connectivity index (χ1n) is 7.41. The number of halogens is 1. The lowest BCUT2D eigenvalue weighted by Crippen LogP contribution is -2.30. The summed E-state index contributed by atoms with van der Waals surface area (Å²) < 4.78 is 27.3. The van der Waals surface area contributed by atoms with Crippen LogP contribution in [0.5, 0.6) is 0 Å². The molecule has 0 saturated carbocycles. The normalized spacial score (nSPS) is 11.8. The van der Waals surface area contributed by atoms with E-state index in [-0.39, 0.29) is 4.90 Å². The molecule has 0 spiro atoms. The predicted molar refractivity (Wildman–Crippen MR) is 98.6 cm³/mol. The Hall–Kier alpha value is -0.960. The first-order valence-corrected chi connectivity index (χ1v) is 10.5. The van der Waals surface area contributed by atoms with Crippen molar-refractivity contribution in [3.63, 3.8) is 0 Å². The van der Waals surface area contributed by atoms with Gasteiger partial charge in [-0.05, 0) is 46.6 Å². The molecule has 0 unspecified atom stereocenters. The Labute approximate surface area is 149 Å². The second kappa shape index (κ2) is 8.23. The van der Waals surface area contributed by atoms with E-state index in [0.29, 0.717) is 18.9 Å². The zero-order valence-electron chi connectivity index (χ0n) is 13.1. The van der Waals surface area contributed by atoms with Crippen molar-refractivity contribution in [3.8, 4) is 0 Å². The van der Waals surface area contributed by atoms with E-state index >= 15 is 0 Å². The number of pyridine rings is 1. The van der Waals surface area contributed by atoms with Crippen LogP contribution in [0.15, 0.2) is 39.1 Å². The number of thiophene rings is 1. The first kappa shape index (κ1) is 18.4. The number of hydrogen-bond acceptors (Lipinski definition) is 5. The van der Waals surface area contributed by atoms with Crippen LogP contribution in [0.1, 0.15) is 18.7 Å². The molecule has 2 rings (SSSR count). The standard InChI is InChI=1S/C15H20BrN3O2S2/c1-3-19(4-2)23(20,21)13-6-8-15(18-11-13)17-10-9-12-5-7-14(16)22-12/h5-8,11H,3-4,9-10H2,1-2H3,(H,17,18). The van der Waals surface area contributed by atoms with Gasteiger partial charge in [-0.3, -0.25) is 0 Å². The van der Waals surface area contributed by atoms with Crippen molar-refractivity contribution in [2.75, 3.05) is 25.0 Å². The Kier molecular flexibility index (Phi) is 6.58. The van der Waals surface area contributed by atoms with Gasteiger partial charge in [0.2, 0.25) is 10.0 Å². The van der Waals surface area contributed by atoms with Crippen molar-refractivity contribution in [3.05, 3.63) is 39.1 Å². The predicted octanol–water partition coefficient (Wildman–Crippen LogP) is 3.59. The number of anilines is 1. The molecule has 2 aromatic heterocycles. The van der Waals surface area contributed by atoms with Gasteiger partial charge >= 0.3 is 0 Å². The van der Waals surface area contributed by atoms with Crippen LogP contribution >= 0.6 is 27.3 Å². The van der Waals surface area contributed by atoms with Crippen LogP contribution < -0.4 is 5.32 Å². The second-order valence-electron chi connectivity index (χ2n) is 4.85. The second-order valence-corrected chi connectivity index (χ2v) is 9.34. The summed E-state index contributed by atoms with van der Waals surface area (Å²) in [5.41, 5.74) is 0. The summed E-state index contributed by atoms with van der Waals surface area (Å²) in [6.07, 6.45) is 2.31. The maximum atomic E-state index is 12.4. The zero-order valence-corrected chi connectivity index (χ0v) is 16.3. The summed E-state index contributed by atoms with van der Waals surface area (Å²) in [5.74, 6) is 0.680. The minimum Gasteiger partial charge on any atom is -0.370 e. The topological polar surface area (TPSA) is 62.3 Å². The van der Waals surface area contributed by atoms with E-state index in [2.05, 4.69) is 32.3 Å². The third-order valence-corrected chi connectivity index (χ3v) is 7.10. The maximum absolute atomic E-state index is 12.4. The molecule has 2 aromatic rings. The van der Waals surface area contributed by atoms with Crippen LogP contribution in [0.25, 0.3) is 0 Å². The van der Waals surface area contributed by atoms with Gasteiger partial charge in [-0.15, -0.1) is 11.3 Å². The van der Waals surface area contributed by atoms with E-state index in [0.717, 1.165) is 16.8 Å². The lowest BCUT2D eigenvalue weighted by atomic mass is 10.3. The molecule has 0 aliphatic rings. The van der Waals surface area contributed by atoms with E-state index in [1.807, 2.05) is 19.9 Å². The van der Waals surface area contributed by atoms with E-state index in [1.165, 1.54) is 15.4 Å². The van der Waals surface area contributed by atoms with Gasteiger partial charge in [-0.2, -0.15) is 4.31 Å². The average Bonchev–Trinajstić information content (AvgIpc) is 2.94. The highest BCUT2D eigenvalue weighted by Gasteiger charge is 2.21. The molecule has 8 heteroatoms. The Morgan fingerprint density at radius 2 is 1.96 bits per heavy atom. The van der Waals surface area contributed by atoms with Crippen LogP contribution in [0.3, 0.4) is 0 Å². The van der Waals surface area contributed by atoms with Gasteiger partial charge in [0.25, 0.3) is 0 Å². The molecule has 1 N–H and O–H groups in total. The molecule has 0 atom stereocenters. The molecule has 23 heavy (non-hydrogen) atoms. The molecule has 0 aliphatic heterocycles. The minimum atomic E-state index is -3.44. The lowest BCUT2D eigenvalue weighted by molar-refractivity contribution is 0.445. The van der Waals surface area contributed by atoms with Crippen molar-refractivity contribution in [2.45, 2.75) is 25.2 Å². The van der Waals surface area contributed by atoms with E-state index in [1.54, 1.807) is 23.5 Å². The lowest BCUT2D eigenvalue weighted by Gasteiger charge is -2.18. The highest BCUT2D eigenvalue weighted by Crippen LogP contribution is 2.22. The molecule has 5 nitrogen and oxygen atoms in total. The van der Waals surface area contributed by atoms with Crippen LogP contribution in [0, 0.1) is 0 Å². The van der Waals surface area contributed by atoms with Crippen LogP contribution in [-0.4, -0.2) is 37.3 Å². The van der Waals surface area contributed by atoms with Gasteiger partial charge in [-0.25, -0.2) is 13.4 Å². The maximum Gasteiger partial charge on any atom is 0.244 e. The van der Waals surface area contributed by atoms with Gasteiger partial charge in [0, 0.05) is 30.7 Å². The van der Waals surface area contributed by atoms with E-state index in [9.17, 15) is 8.42 Å². The van der Waals surface area contributed by atoms with Crippen molar-refractivity contribution in [2.24, 2.45) is 0 Å². The van der Waals surface area contributed by atoms with Crippen molar-refractivity contribution >= 4 is 43.1 Å². The number of rotatable bonds is 8. The fraction of sp³-hybridized carbons (Fsp3) is 0.400. The molecule has 0 fully saturated rings. The van der Waals surface area contributed by atoms with Gasteiger partial charge in [0.05, 0.1) is 3.79 Å². The Balaban J connectivity index is 1.96. The monoisotopic (exact) mass is 417 g/mol. The molecule has 0 bridgehead atoms. The highest BCUT2D eigenvalue weighted by atomic mass is 79.9. The quantitative estimate of drug-likeness (QED) is 0.712. The summed E-state index contributed by atoms with van der Waals surface area (Å²) in [5, 5.41) is 3.21. The van der Waals surface area contributed by atoms with Crippen LogP contribution in [0.4, 0.5) is 5.82 Å². The Bertz CT molecular complexity index is 725. The number of hydrogen-bond donors (Lipinski definition) is 1. The largest absolute Gasteiger partial charge is 0.370 e. The van der Waals surface area contributed by atoms with Gasteiger partial charge in [0.15, 0.2) is 0 Å². The molecule has 0 radical (unpaired) electrons. The van der Waals surface area contributed by atoms with Crippen LogP contribution in [-0.2, 0) is 16.4 Å². The fourth-order valence-electron chi connectivity index (χ4n) is 2.15. The van der Waals surface area contributed by atoms with Gasteiger partial charge in [0.1, 0.15) is 10.7 Å². The van der Waals surface area contributed by atoms with Crippen molar-refractivity contribution in [1.29, 1.82) is 0 Å². The van der Waals surface area contributed by atoms with Crippen molar-refractivity contribution in [1.82, 2.24) is 9.29 Å². The molecule has 0 aromatic carbocycles. The van der Waals surface area contributed by atoms with E-state index < -0.39 is 10.0 Å².